The molecule has 10 heteroatoms. The highest BCUT2D eigenvalue weighted by molar-refractivity contribution is 6.08. The summed E-state index contributed by atoms with van der Waals surface area (Å²) in [5.41, 5.74) is 6.80. The van der Waals surface area contributed by atoms with Crippen molar-refractivity contribution in [3.63, 3.8) is 0 Å². The third kappa shape index (κ3) is 6.42. The minimum atomic E-state index is -0.972. The molecule has 1 amide bonds. The van der Waals surface area contributed by atoms with Gasteiger partial charge < -0.3 is 16.0 Å². The number of nitrogens with one attached hydrogen (secondary N) is 1. The summed E-state index contributed by atoms with van der Waals surface area (Å²) in [6.07, 6.45) is 3.72. The van der Waals surface area contributed by atoms with Crippen molar-refractivity contribution in [2.75, 3.05) is 29.0 Å². The standard InChI is InChI=1S/C26H28F2N6O2.C2H6/c1-26(2,3)30-15-16-19(29)9-10-20(23(16)33-13-4-5-14-33)31-25(36)21-11-12-22(35)34(32-21)24-17(27)7-6-8-18(24)28;1-2/h6-12,15H,4-5,13-14,29H2,1-3H3,(H,31,36);1-2H3. The summed E-state index contributed by atoms with van der Waals surface area (Å²) in [6, 6.07) is 8.83. The summed E-state index contributed by atoms with van der Waals surface area (Å²) in [5, 5.41) is 6.78. The van der Waals surface area contributed by atoms with Gasteiger partial charge in [-0.25, -0.2) is 8.78 Å². The number of aromatic nitrogens is 2. The fourth-order valence-corrected chi connectivity index (χ4v) is 3.97. The predicted octanol–water partition coefficient (Wildman–Crippen LogP) is 5.19. The number of nitrogens with zero attached hydrogens (tertiary/aromatic N) is 4. The van der Waals surface area contributed by atoms with Gasteiger partial charge in [-0.3, -0.25) is 14.6 Å². The summed E-state index contributed by atoms with van der Waals surface area (Å²) in [5.74, 6) is -2.59. The van der Waals surface area contributed by atoms with Gasteiger partial charge in [-0.15, -0.1) is 0 Å². The van der Waals surface area contributed by atoms with E-state index in [-0.39, 0.29) is 11.2 Å². The molecule has 8 nitrogen and oxygen atoms in total. The molecule has 0 saturated carbocycles. The highest BCUT2D eigenvalue weighted by atomic mass is 19.1. The number of hydrogen-bond donors (Lipinski definition) is 2. The maximum absolute atomic E-state index is 14.3. The Bertz CT molecular complexity index is 1370. The summed E-state index contributed by atoms with van der Waals surface area (Å²) >= 11 is 0. The Kier molecular flexibility index (Phi) is 8.98. The molecule has 2 aromatic carbocycles. The number of halogens is 2. The Labute approximate surface area is 221 Å². The molecule has 38 heavy (non-hydrogen) atoms. The van der Waals surface area contributed by atoms with Crippen molar-refractivity contribution in [2.45, 2.75) is 53.0 Å². The maximum atomic E-state index is 14.3. The van der Waals surface area contributed by atoms with Gasteiger partial charge in [0, 0.05) is 36.6 Å². The van der Waals surface area contributed by atoms with Crippen LogP contribution in [0.15, 0.2) is 52.3 Å². The quantitative estimate of drug-likeness (QED) is 0.353. The van der Waals surface area contributed by atoms with Crippen molar-refractivity contribution >= 4 is 29.2 Å². The number of anilines is 3. The third-order valence-corrected chi connectivity index (χ3v) is 5.68. The monoisotopic (exact) mass is 524 g/mol. The molecule has 1 aliphatic heterocycles. The third-order valence-electron chi connectivity index (χ3n) is 5.68. The topological polar surface area (TPSA) is 106 Å². The van der Waals surface area contributed by atoms with Crippen molar-refractivity contribution in [1.82, 2.24) is 9.78 Å². The van der Waals surface area contributed by atoms with Crippen LogP contribution in [-0.4, -0.2) is 40.5 Å². The molecule has 0 unspecified atom stereocenters. The average molecular weight is 525 g/mol. The first-order valence-corrected chi connectivity index (χ1v) is 12.6. The number of nitrogens with two attached hydrogens (primary N) is 1. The van der Waals surface area contributed by atoms with Crippen molar-refractivity contribution < 1.29 is 13.6 Å². The van der Waals surface area contributed by atoms with Crippen LogP contribution < -0.4 is 21.5 Å². The summed E-state index contributed by atoms with van der Waals surface area (Å²) in [7, 11) is 0. The highest BCUT2D eigenvalue weighted by Crippen LogP contribution is 2.36. The molecule has 1 saturated heterocycles. The molecule has 1 aromatic heterocycles. The van der Waals surface area contributed by atoms with Crippen molar-refractivity contribution in [3.05, 3.63) is 75.7 Å². The van der Waals surface area contributed by atoms with Crippen LogP contribution in [0.1, 0.15) is 63.5 Å². The molecule has 0 atom stereocenters. The lowest BCUT2D eigenvalue weighted by Gasteiger charge is -2.25. The summed E-state index contributed by atoms with van der Waals surface area (Å²) in [4.78, 5) is 32.3. The molecule has 0 bridgehead atoms. The second-order valence-electron chi connectivity index (χ2n) is 9.58. The Hall–Kier alpha value is -4.08. The molecule has 0 radical (unpaired) electrons. The van der Waals surface area contributed by atoms with Gasteiger partial charge in [-0.05, 0) is 63.9 Å². The van der Waals surface area contributed by atoms with Gasteiger partial charge in [0.2, 0.25) is 0 Å². The first-order valence-electron chi connectivity index (χ1n) is 12.6. The molecule has 4 rings (SSSR count). The van der Waals surface area contributed by atoms with E-state index >= 15 is 0 Å². The first kappa shape index (κ1) is 28.5. The molecular weight excluding hydrogens is 490 g/mol. The fourth-order valence-electron chi connectivity index (χ4n) is 3.97. The van der Waals surface area contributed by atoms with Gasteiger partial charge in [-0.2, -0.15) is 9.78 Å². The molecule has 1 fully saturated rings. The Morgan fingerprint density at radius 1 is 1.03 bits per heavy atom. The van der Waals surface area contributed by atoms with Crippen LogP contribution in [0.25, 0.3) is 5.69 Å². The van der Waals surface area contributed by atoms with Crippen LogP contribution in [0.2, 0.25) is 0 Å². The predicted molar refractivity (Wildman–Crippen MR) is 149 cm³/mol. The van der Waals surface area contributed by atoms with E-state index in [2.05, 4.69) is 20.3 Å². The van der Waals surface area contributed by atoms with E-state index in [4.69, 9.17) is 5.73 Å². The molecule has 3 N–H and O–H groups in total. The number of aliphatic imine (C=N–C) groups is 1. The first-order chi connectivity index (χ1) is 18.0. The number of carbonyl (C=O) groups excluding carboxylic acids is 1. The minimum Gasteiger partial charge on any atom is -0.398 e. The van der Waals surface area contributed by atoms with Crippen LogP contribution >= 0.6 is 0 Å². The normalized spacial score (nSPS) is 13.4. The van der Waals surface area contributed by atoms with Crippen LogP contribution in [0.5, 0.6) is 0 Å². The van der Waals surface area contributed by atoms with E-state index in [1.807, 2.05) is 34.6 Å². The molecule has 1 aliphatic rings. The van der Waals surface area contributed by atoms with Gasteiger partial charge in [0.25, 0.3) is 11.5 Å². The number of para-hydroxylation sites is 1. The number of amides is 1. The molecule has 0 aliphatic carbocycles. The SMILES string of the molecule is CC.CC(C)(C)N=Cc1c(N)ccc(NC(=O)c2ccc(=O)n(-c3c(F)cccc3F)n2)c1N1CCCC1. The Morgan fingerprint density at radius 3 is 2.26 bits per heavy atom. The van der Waals surface area contributed by atoms with Crippen LogP contribution in [-0.2, 0) is 0 Å². The number of rotatable bonds is 5. The zero-order valence-electron chi connectivity index (χ0n) is 22.4. The van der Waals surface area contributed by atoms with Crippen molar-refractivity contribution in [2.24, 2.45) is 4.99 Å². The number of carbonyl (C=O) groups is 1. The number of hydrogen-bond acceptors (Lipinski definition) is 6. The summed E-state index contributed by atoms with van der Waals surface area (Å²) < 4.78 is 29.1. The van der Waals surface area contributed by atoms with Gasteiger partial charge >= 0.3 is 0 Å². The molecule has 202 valence electrons. The Balaban J connectivity index is 0.00000195. The van der Waals surface area contributed by atoms with Gasteiger partial charge in [-0.1, -0.05) is 19.9 Å². The fraction of sp³-hybridized carbons (Fsp3) is 0.357. The van der Waals surface area contributed by atoms with Crippen LogP contribution in [0.4, 0.5) is 25.8 Å². The van der Waals surface area contributed by atoms with E-state index in [9.17, 15) is 18.4 Å². The molecular formula is C28H34F2N6O2. The van der Waals surface area contributed by atoms with E-state index < -0.39 is 28.8 Å². The lowest BCUT2D eigenvalue weighted by atomic mass is 10.1. The number of nitrogen functional groups attached to an aromatic ring is 1. The lowest BCUT2D eigenvalue weighted by molar-refractivity contribution is 0.102. The zero-order chi connectivity index (χ0) is 28.0. The van der Waals surface area contributed by atoms with E-state index in [0.717, 1.165) is 49.8 Å². The molecule has 0 spiro atoms. The van der Waals surface area contributed by atoms with Gasteiger partial charge in [0.1, 0.15) is 11.4 Å². The van der Waals surface area contributed by atoms with E-state index in [1.54, 1.807) is 18.3 Å². The van der Waals surface area contributed by atoms with Gasteiger partial charge in [0.15, 0.2) is 11.6 Å². The maximum Gasteiger partial charge on any atom is 0.276 e. The van der Waals surface area contributed by atoms with Crippen molar-refractivity contribution in [1.29, 1.82) is 0 Å². The lowest BCUT2D eigenvalue weighted by Crippen LogP contribution is -2.27. The minimum absolute atomic E-state index is 0.189. The Morgan fingerprint density at radius 2 is 1.66 bits per heavy atom. The van der Waals surface area contributed by atoms with Crippen molar-refractivity contribution in [3.8, 4) is 5.69 Å². The molecule has 3 aromatic rings. The average Bonchev–Trinajstić information content (AvgIpc) is 3.40. The highest BCUT2D eigenvalue weighted by Gasteiger charge is 2.23. The second kappa shape index (κ2) is 12.0. The van der Waals surface area contributed by atoms with Gasteiger partial charge in [0.05, 0.1) is 16.9 Å². The zero-order valence-corrected chi connectivity index (χ0v) is 22.4. The molecule has 2 heterocycles. The smallest absolute Gasteiger partial charge is 0.276 e. The summed E-state index contributed by atoms with van der Waals surface area (Å²) in [6.45, 7) is 11.5. The largest absolute Gasteiger partial charge is 0.398 e. The van der Waals surface area contributed by atoms with E-state index in [1.165, 1.54) is 12.1 Å². The second-order valence-corrected chi connectivity index (χ2v) is 9.58. The van der Waals surface area contributed by atoms with E-state index in [0.29, 0.717) is 21.6 Å². The van der Waals surface area contributed by atoms with Crippen LogP contribution in [0, 0.1) is 11.6 Å². The van der Waals surface area contributed by atoms with Crippen LogP contribution in [0.3, 0.4) is 0 Å². The number of benzene rings is 2.